The van der Waals surface area contributed by atoms with Crippen molar-refractivity contribution in [3.05, 3.63) is 25.6 Å². The van der Waals surface area contributed by atoms with Crippen LogP contribution in [0.4, 0.5) is 5.69 Å². The molecule has 0 bridgehead atoms. The lowest BCUT2D eigenvalue weighted by Crippen LogP contribution is -2.02. The molecule has 1 saturated carbocycles. The Hall–Kier alpha value is 0.460. The van der Waals surface area contributed by atoms with E-state index in [2.05, 4.69) is 65.2 Å². The van der Waals surface area contributed by atoms with Crippen LogP contribution in [0.5, 0.6) is 0 Å². The summed E-state index contributed by atoms with van der Waals surface area (Å²) < 4.78 is 3.27. The summed E-state index contributed by atoms with van der Waals surface area (Å²) in [6.07, 6.45) is 2.57. The van der Waals surface area contributed by atoms with Crippen molar-refractivity contribution in [1.29, 1.82) is 0 Å². The van der Waals surface area contributed by atoms with Gasteiger partial charge in [-0.2, -0.15) is 0 Å². The van der Waals surface area contributed by atoms with Gasteiger partial charge in [0.25, 0.3) is 0 Å². The molecule has 0 saturated heterocycles. The zero-order chi connectivity index (χ0) is 9.42. The molecule has 0 aromatic heterocycles. The van der Waals surface area contributed by atoms with E-state index in [0.717, 1.165) is 19.1 Å². The van der Waals surface area contributed by atoms with Gasteiger partial charge in [-0.25, -0.2) is 0 Å². The van der Waals surface area contributed by atoms with E-state index in [1.807, 2.05) is 0 Å². The van der Waals surface area contributed by atoms with Crippen molar-refractivity contribution in [2.24, 2.45) is 0 Å². The molecular formula is C9H8Br3N. The van der Waals surface area contributed by atoms with Gasteiger partial charge >= 0.3 is 0 Å². The highest BCUT2D eigenvalue weighted by Crippen LogP contribution is 2.37. The van der Waals surface area contributed by atoms with Crippen molar-refractivity contribution in [2.45, 2.75) is 18.9 Å². The Balaban J connectivity index is 2.31. The van der Waals surface area contributed by atoms with Crippen LogP contribution in [0.1, 0.15) is 12.8 Å². The van der Waals surface area contributed by atoms with Crippen molar-refractivity contribution in [1.82, 2.24) is 0 Å². The van der Waals surface area contributed by atoms with Gasteiger partial charge in [-0.1, -0.05) is 15.9 Å². The molecule has 0 atom stereocenters. The van der Waals surface area contributed by atoms with Crippen molar-refractivity contribution in [2.75, 3.05) is 5.32 Å². The lowest BCUT2D eigenvalue weighted by Gasteiger charge is -2.10. The maximum absolute atomic E-state index is 3.53. The minimum absolute atomic E-state index is 0.675. The van der Waals surface area contributed by atoms with Crippen LogP contribution < -0.4 is 5.32 Å². The SMILES string of the molecule is Brc1cc(Br)c(NC2CC2)c(Br)c1. The molecule has 0 unspecified atom stereocenters. The van der Waals surface area contributed by atoms with E-state index < -0.39 is 0 Å². The molecule has 4 heteroatoms. The lowest BCUT2D eigenvalue weighted by molar-refractivity contribution is 1.15. The fourth-order valence-electron chi connectivity index (χ4n) is 1.11. The summed E-state index contributed by atoms with van der Waals surface area (Å²) in [5.41, 5.74) is 1.16. The summed E-state index contributed by atoms with van der Waals surface area (Å²) in [5.74, 6) is 0. The third-order valence-corrected chi connectivity index (χ3v) is 3.64. The fourth-order valence-corrected chi connectivity index (χ4v) is 3.60. The Bertz CT molecular complexity index is 311. The Morgan fingerprint density at radius 3 is 2.08 bits per heavy atom. The van der Waals surface area contributed by atoms with Crippen LogP contribution in [0, 0.1) is 0 Å². The Labute approximate surface area is 103 Å². The standard InChI is InChI=1S/C9H8Br3N/c10-5-3-7(11)9(8(12)4-5)13-6-1-2-6/h3-4,6,13H,1-2H2. The minimum Gasteiger partial charge on any atom is -0.380 e. The maximum atomic E-state index is 3.53. The summed E-state index contributed by atoms with van der Waals surface area (Å²) in [5, 5.41) is 3.47. The first-order valence-electron chi connectivity index (χ1n) is 4.08. The van der Waals surface area contributed by atoms with Gasteiger partial charge in [0.05, 0.1) is 5.69 Å². The first kappa shape index (κ1) is 9.99. The number of rotatable bonds is 2. The smallest absolute Gasteiger partial charge is 0.0631 e. The van der Waals surface area contributed by atoms with E-state index >= 15 is 0 Å². The molecule has 1 aromatic rings. The van der Waals surface area contributed by atoms with E-state index in [4.69, 9.17) is 0 Å². The highest BCUT2D eigenvalue weighted by Gasteiger charge is 2.22. The molecule has 1 nitrogen and oxygen atoms in total. The van der Waals surface area contributed by atoms with Gasteiger partial charge in [-0.3, -0.25) is 0 Å². The second-order valence-electron chi connectivity index (χ2n) is 3.16. The largest absolute Gasteiger partial charge is 0.380 e. The van der Waals surface area contributed by atoms with E-state index in [1.54, 1.807) is 0 Å². The number of halogens is 3. The normalized spacial score (nSPS) is 15.9. The van der Waals surface area contributed by atoms with E-state index in [9.17, 15) is 0 Å². The molecule has 2 rings (SSSR count). The number of hydrogen-bond donors (Lipinski definition) is 1. The van der Waals surface area contributed by atoms with E-state index in [1.165, 1.54) is 12.8 Å². The molecule has 1 N–H and O–H groups in total. The average Bonchev–Trinajstić information content (AvgIpc) is 2.79. The molecule has 0 amide bonds. The molecule has 70 valence electrons. The van der Waals surface area contributed by atoms with Gasteiger partial charge in [0.2, 0.25) is 0 Å². The quantitative estimate of drug-likeness (QED) is 0.806. The monoisotopic (exact) mass is 367 g/mol. The summed E-state index contributed by atoms with van der Waals surface area (Å²) in [4.78, 5) is 0. The summed E-state index contributed by atoms with van der Waals surface area (Å²) in [6.45, 7) is 0. The molecular weight excluding hydrogens is 362 g/mol. The van der Waals surface area contributed by atoms with Crippen LogP contribution >= 0.6 is 47.8 Å². The zero-order valence-corrected chi connectivity index (χ0v) is 11.5. The molecule has 0 radical (unpaired) electrons. The highest BCUT2D eigenvalue weighted by molar-refractivity contribution is 9.11. The van der Waals surface area contributed by atoms with Crippen molar-refractivity contribution in [3.63, 3.8) is 0 Å². The predicted molar refractivity (Wildman–Crippen MR) is 66.2 cm³/mol. The van der Waals surface area contributed by atoms with E-state index in [0.29, 0.717) is 6.04 Å². The van der Waals surface area contributed by atoms with E-state index in [-0.39, 0.29) is 0 Å². The van der Waals surface area contributed by atoms with Gasteiger partial charge in [-0.05, 0) is 56.8 Å². The molecule has 0 heterocycles. The molecule has 0 spiro atoms. The topological polar surface area (TPSA) is 12.0 Å². The Morgan fingerprint density at radius 2 is 1.62 bits per heavy atom. The number of benzene rings is 1. The molecule has 1 aromatic carbocycles. The van der Waals surface area contributed by atoms with Crippen molar-refractivity contribution >= 4 is 53.5 Å². The molecule has 1 aliphatic rings. The Kier molecular flexibility index (Phi) is 3.01. The predicted octanol–water partition coefficient (Wildman–Crippen LogP) is 4.55. The molecule has 0 aliphatic heterocycles. The number of hydrogen-bond acceptors (Lipinski definition) is 1. The summed E-state index contributed by atoms with van der Waals surface area (Å²) >= 11 is 10.5. The second kappa shape index (κ2) is 3.91. The Morgan fingerprint density at radius 1 is 1.08 bits per heavy atom. The molecule has 13 heavy (non-hydrogen) atoms. The van der Waals surface area contributed by atoms with Crippen LogP contribution in [-0.2, 0) is 0 Å². The van der Waals surface area contributed by atoms with Crippen LogP contribution in [0.2, 0.25) is 0 Å². The minimum atomic E-state index is 0.675. The number of anilines is 1. The average molecular weight is 370 g/mol. The van der Waals surface area contributed by atoms with Gasteiger partial charge in [0.1, 0.15) is 0 Å². The maximum Gasteiger partial charge on any atom is 0.0631 e. The summed E-state index contributed by atoms with van der Waals surface area (Å²) in [7, 11) is 0. The van der Waals surface area contributed by atoms with Gasteiger partial charge in [0.15, 0.2) is 0 Å². The zero-order valence-electron chi connectivity index (χ0n) is 6.78. The molecule has 1 fully saturated rings. The second-order valence-corrected chi connectivity index (χ2v) is 5.79. The first-order chi connectivity index (χ1) is 6.16. The highest BCUT2D eigenvalue weighted by atomic mass is 79.9. The van der Waals surface area contributed by atoms with Crippen molar-refractivity contribution in [3.8, 4) is 0 Å². The third-order valence-electron chi connectivity index (χ3n) is 1.93. The first-order valence-corrected chi connectivity index (χ1v) is 6.46. The third kappa shape index (κ3) is 2.48. The van der Waals surface area contributed by atoms with Crippen molar-refractivity contribution < 1.29 is 0 Å². The van der Waals surface area contributed by atoms with Gasteiger partial charge in [0, 0.05) is 19.5 Å². The molecule has 1 aliphatic carbocycles. The lowest BCUT2D eigenvalue weighted by atomic mass is 10.3. The van der Waals surface area contributed by atoms with Gasteiger partial charge in [-0.15, -0.1) is 0 Å². The van der Waals surface area contributed by atoms with Crippen LogP contribution in [0.25, 0.3) is 0 Å². The number of nitrogens with one attached hydrogen (secondary N) is 1. The summed E-state index contributed by atoms with van der Waals surface area (Å²) in [6, 6.07) is 4.78. The van der Waals surface area contributed by atoms with Gasteiger partial charge < -0.3 is 5.32 Å². The van der Waals surface area contributed by atoms with Crippen LogP contribution in [-0.4, -0.2) is 6.04 Å². The fraction of sp³-hybridized carbons (Fsp3) is 0.333. The van der Waals surface area contributed by atoms with Crippen LogP contribution in [0.15, 0.2) is 25.6 Å². The van der Waals surface area contributed by atoms with Crippen LogP contribution in [0.3, 0.4) is 0 Å².